The Morgan fingerprint density at radius 2 is 1.60 bits per heavy atom. The van der Waals surface area contributed by atoms with Gasteiger partial charge in [0.05, 0.1) is 5.69 Å². The van der Waals surface area contributed by atoms with Crippen molar-refractivity contribution in [2.24, 2.45) is 0 Å². The van der Waals surface area contributed by atoms with E-state index in [-0.39, 0.29) is 12.5 Å². The summed E-state index contributed by atoms with van der Waals surface area (Å²) in [5.41, 5.74) is -6.20. The zero-order valence-electron chi connectivity index (χ0n) is 12.8. The van der Waals surface area contributed by atoms with Gasteiger partial charge in [0.1, 0.15) is 11.6 Å². The fourth-order valence-electron chi connectivity index (χ4n) is 1.88. The maximum Gasteiger partial charge on any atom is 0.439 e. The molecule has 1 aromatic rings. The van der Waals surface area contributed by atoms with Crippen LogP contribution in [0.3, 0.4) is 0 Å². The Labute approximate surface area is 137 Å². The number of hydrogen-bond acceptors (Lipinski definition) is 2. The minimum absolute atomic E-state index is 0.0581. The van der Waals surface area contributed by atoms with Crippen LogP contribution in [-0.4, -0.2) is 23.9 Å². The lowest BCUT2D eigenvalue weighted by atomic mass is 10.1. The van der Waals surface area contributed by atoms with Gasteiger partial charge < -0.3 is 10.6 Å². The summed E-state index contributed by atoms with van der Waals surface area (Å²) in [5.74, 6) is -4.40. The van der Waals surface area contributed by atoms with Crippen molar-refractivity contribution in [3.05, 3.63) is 29.8 Å². The highest BCUT2D eigenvalue weighted by molar-refractivity contribution is 5.77. The van der Waals surface area contributed by atoms with Crippen LogP contribution in [-0.2, 0) is 4.79 Å². The average molecular weight is 378 g/mol. The normalized spacial score (nSPS) is 12.8. The van der Waals surface area contributed by atoms with Gasteiger partial charge in [0.15, 0.2) is 0 Å². The molecule has 0 aliphatic heterocycles. The minimum Gasteiger partial charge on any atom is -0.345 e. The number of nitrogens with one attached hydrogen (secondary N) is 2. The first-order valence-corrected chi connectivity index (χ1v) is 7.01. The lowest BCUT2D eigenvalue weighted by molar-refractivity contribution is -0.296. The van der Waals surface area contributed by atoms with E-state index in [0.717, 1.165) is 10.6 Å². The third-order valence-electron chi connectivity index (χ3n) is 3.19. The molecule has 0 spiro atoms. The van der Waals surface area contributed by atoms with E-state index in [0.29, 0.717) is 18.6 Å². The van der Waals surface area contributed by atoms with Gasteiger partial charge in [0, 0.05) is 12.5 Å². The van der Waals surface area contributed by atoms with Gasteiger partial charge >= 0.3 is 18.0 Å². The molecular weight excluding hydrogens is 364 g/mol. The number of alkyl halides is 6. The number of halogens is 8. The first-order valence-electron chi connectivity index (χ1n) is 7.01. The molecule has 0 saturated heterocycles. The first kappa shape index (κ1) is 21.0. The molecule has 142 valence electrons. The van der Waals surface area contributed by atoms with Crippen LogP contribution in [0.1, 0.15) is 26.2 Å². The zero-order valence-corrected chi connectivity index (χ0v) is 12.8. The van der Waals surface area contributed by atoms with E-state index in [9.17, 15) is 39.9 Å². The number of hydrogen-bond donors (Lipinski definition) is 2. The molecule has 0 heterocycles. The smallest absolute Gasteiger partial charge is 0.345 e. The highest BCUT2D eigenvalue weighted by Crippen LogP contribution is 2.44. The van der Waals surface area contributed by atoms with Gasteiger partial charge in [-0.15, -0.1) is 0 Å². The van der Waals surface area contributed by atoms with Gasteiger partial charge in [-0.2, -0.15) is 26.3 Å². The average Bonchev–Trinajstić information content (AvgIpc) is 2.44. The van der Waals surface area contributed by atoms with E-state index < -0.39 is 47.7 Å². The van der Waals surface area contributed by atoms with Crippen LogP contribution in [0.15, 0.2) is 18.2 Å². The van der Waals surface area contributed by atoms with Crippen molar-refractivity contribution in [2.75, 3.05) is 5.32 Å². The topological polar surface area (TPSA) is 41.1 Å². The molecule has 11 heteroatoms. The molecule has 0 aromatic heterocycles. The Morgan fingerprint density at radius 3 is 2.04 bits per heavy atom. The van der Waals surface area contributed by atoms with Crippen LogP contribution in [0.5, 0.6) is 0 Å². The van der Waals surface area contributed by atoms with Crippen molar-refractivity contribution in [2.45, 2.75) is 44.2 Å². The van der Waals surface area contributed by atoms with Gasteiger partial charge in [-0.05, 0) is 18.6 Å². The molecule has 1 rings (SSSR count). The summed E-state index contributed by atoms with van der Waals surface area (Å²) in [4.78, 5) is 11.5. The molecule has 0 aliphatic carbocycles. The lowest BCUT2D eigenvalue weighted by Crippen LogP contribution is -2.72. The van der Waals surface area contributed by atoms with Crippen LogP contribution in [0, 0.1) is 11.6 Å². The van der Waals surface area contributed by atoms with E-state index >= 15 is 0 Å². The van der Waals surface area contributed by atoms with Crippen molar-refractivity contribution in [3.63, 3.8) is 0 Å². The summed E-state index contributed by atoms with van der Waals surface area (Å²) in [5, 5.41) is 1.83. The molecule has 1 amide bonds. The van der Waals surface area contributed by atoms with Crippen molar-refractivity contribution in [1.82, 2.24) is 5.32 Å². The maximum absolute atomic E-state index is 13.5. The van der Waals surface area contributed by atoms with Gasteiger partial charge in [-0.25, -0.2) is 8.78 Å². The largest absolute Gasteiger partial charge is 0.439 e. The van der Waals surface area contributed by atoms with Crippen molar-refractivity contribution >= 4 is 11.6 Å². The summed E-state index contributed by atoms with van der Waals surface area (Å²) < 4.78 is 106. The Bertz CT molecular complexity index is 598. The third kappa shape index (κ3) is 4.73. The first-order chi connectivity index (χ1) is 11.3. The highest BCUT2D eigenvalue weighted by Gasteiger charge is 2.72. The third-order valence-corrected chi connectivity index (χ3v) is 3.19. The zero-order chi connectivity index (χ0) is 19.5. The number of amides is 1. The number of rotatable bonds is 6. The van der Waals surface area contributed by atoms with Crippen LogP contribution < -0.4 is 10.6 Å². The molecular formula is C14H14F8N2O. The molecule has 0 unspecified atom stereocenters. The van der Waals surface area contributed by atoms with Gasteiger partial charge in [0.25, 0.3) is 0 Å². The van der Waals surface area contributed by atoms with E-state index in [1.807, 2.05) is 0 Å². The fourth-order valence-corrected chi connectivity index (χ4v) is 1.88. The fraction of sp³-hybridized carbons (Fsp3) is 0.500. The van der Waals surface area contributed by atoms with E-state index in [1.165, 1.54) is 0 Å². The summed E-state index contributed by atoms with van der Waals surface area (Å²) >= 11 is 0. The standard InChI is InChI=1S/C14H14F8N2O/c1-2-3-4-11(25)24-12(13(17,18)19,14(20,21)22)23-10-6-5-8(15)7-9(10)16/h5-7,23H,2-4H2,1H3,(H,24,25). The molecule has 1 aromatic carbocycles. The van der Waals surface area contributed by atoms with Crippen molar-refractivity contribution < 1.29 is 39.9 Å². The lowest BCUT2D eigenvalue weighted by Gasteiger charge is -2.39. The number of anilines is 1. The summed E-state index contributed by atoms with van der Waals surface area (Å²) in [6, 6.07) is 0.954. The quantitative estimate of drug-likeness (QED) is 0.565. The second kappa shape index (κ2) is 7.44. The molecule has 0 fully saturated rings. The number of carbonyl (C=O) groups is 1. The second-order valence-electron chi connectivity index (χ2n) is 5.15. The predicted molar refractivity (Wildman–Crippen MR) is 72.5 cm³/mol. The second-order valence-corrected chi connectivity index (χ2v) is 5.15. The van der Waals surface area contributed by atoms with E-state index in [1.54, 1.807) is 6.92 Å². The Balaban J connectivity index is 3.36. The molecule has 0 atom stereocenters. The summed E-state index contributed by atoms with van der Waals surface area (Å²) in [7, 11) is 0. The predicted octanol–water partition coefficient (Wildman–Crippen LogP) is 4.50. The molecule has 0 bridgehead atoms. The van der Waals surface area contributed by atoms with Crippen LogP contribution in [0.4, 0.5) is 40.8 Å². The van der Waals surface area contributed by atoms with Gasteiger partial charge in [0.2, 0.25) is 5.91 Å². The van der Waals surface area contributed by atoms with Crippen molar-refractivity contribution in [1.29, 1.82) is 0 Å². The molecule has 2 N–H and O–H groups in total. The maximum atomic E-state index is 13.5. The van der Waals surface area contributed by atoms with E-state index in [4.69, 9.17) is 0 Å². The molecule has 3 nitrogen and oxygen atoms in total. The highest BCUT2D eigenvalue weighted by atomic mass is 19.4. The SMILES string of the molecule is CCCCC(=O)NC(Nc1ccc(F)cc1F)(C(F)(F)F)C(F)(F)F. The van der Waals surface area contributed by atoms with Gasteiger partial charge in [-0.3, -0.25) is 4.79 Å². The molecule has 0 saturated carbocycles. The van der Waals surface area contributed by atoms with Gasteiger partial charge in [-0.1, -0.05) is 13.3 Å². The molecule has 25 heavy (non-hydrogen) atoms. The summed E-state index contributed by atoms with van der Waals surface area (Å²) in [6.45, 7) is 1.58. The van der Waals surface area contributed by atoms with Crippen molar-refractivity contribution in [3.8, 4) is 0 Å². The molecule has 0 radical (unpaired) electrons. The number of unbranched alkanes of at least 4 members (excludes halogenated alkanes) is 1. The van der Waals surface area contributed by atoms with Crippen LogP contribution in [0.2, 0.25) is 0 Å². The Kier molecular flexibility index (Phi) is 6.24. The molecule has 0 aliphatic rings. The Morgan fingerprint density at radius 1 is 1.04 bits per heavy atom. The number of benzene rings is 1. The Hall–Kier alpha value is -2.07. The summed E-state index contributed by atoms with van der Waals surface area (Å²) in [6.07, 6.45) is -12.3. The van der Waals surface area contributed by atoms with Crippen LogP contribution in [0.25, 0.3) is 0 Å². The monoisotopic (exact) mass is 378 g/mol. The van der Waals surface area contributed by atoms with Crippen LogP contribution >= 0.6 is 0 Å². The number of carbonyl (C=O) groups excluding carboxylic acids is 1. The minimum atomic E-state index is -6.06. The van der Waals surface area contributed by atoms with E-state index in [2.05, 4.69) is 0 Å².